The molecule has 2 nitrogen and oxygen atoms in total. The minimum absolute atomic E-state index is 0.306. The van der Waals surface area contributed by atoms with Crippen LogP contribution in [0, 0.1) is 20.1 Å². The van der Waals surface area contributed by atoms with Crippen LogP contribution in [0.4, 0.5) is 0 Å². The number of aromatic nitrogens is 2. The van der Waals surface area contributed by atoms with Gasteiger partial charge in [-0.3, -0.25) is 0 Å². The molecule has 222 valence electrons. The Labute approximate surface area is 280 Å². The normalized spacial score (nSPS) is 15.1. The summed E-state index contributed by atoms with van der Waals surface area (Å²) in [7, 11) is 0. The van der Waals surface area contributed by atoms with Gasteiger partial charge in [0.1, 0.15) is 9.28 Å². The molecule has 0 bridgehead atoms. The van der Waals surface area contributed by atoms with Crippen LogP contribution in [-0.2, 0) is 25.9 Å². The maximum absolute atomic E-state index is 5.70. The summed E-state index contributed by atoms with van der Waals surface area (Å²) < 4.78 is 6.38. The molecule has 2 aromatic rings. The van der Waals surface area contributed by atoms with E-state index in [4.69, 9.17) is 49.7 Å². The molecule has 0 fully saturated rings. The zero-order valence-corrected chi connectivity index (χ0v) is 31.0. The molecule has 0 amide bonds. The molecule has 0 aliphatic carbocycles. The van der Waals surface area contributed by atoms with Crippen molar-refractivity contribution in [3.8, 4) is 0 Å². The first-order chi connectivity index (χ1) is 19.0. The molecule has 2 aromatic heterocycles. The van der Waals surface area contributed by atoms with Crippen molar-refractivity contribution < 1.29 is 0 Å². The highest BCUT2D eigenvalue weighted by molar-refractivity contribution is 8.02. The maximum atomic E-state index is 5.70. The van der Waals surface area contributed by atoms with Crippen LogP contribution in [0.1, 0.15) is 64.5 Å². The van der Waals surface area contributed by atoms with Gasteiger partial charge in [-0.05, 0) is 84.1 Å². The van der Waals surface area contributed by atoms with Crippen LogP contribution >= 0.6 is 96.7 Å². The Morgan fingerprint density at radius 1 is 0.700 bits per heavy atom. The van der Waals surface area contributed by atoms with Gasteiger partial charge in [-0.2, -0.15) is 23.5 Å². The van der Waals surface area contributed by atoms with Crippen molar-refractivity contribution in [3.05, 3.63) is 32.5 Å². The predicted octanol–water partition coefficient (Wildman–Crippen LogP) is 10.4. The second kappa shape index (κ2) is 15.2. The highest BCUT2D eigenvalue weighted by Crippen LogP contribution is 2.38. The van der Waals surface area contributed by atoms with E-state index >= 15 is 0 Å². The first-order valence-electron chi connectivity index (χ1n) is 14.3. The van der Waals surface area contributed by atoms with Gasteiger partial charge in [-0.15, -0.1) is 48.8 Å². The number of fused-ring (bicyclic) bond motifs is 2. The summed E-state index contributed by atoms with van der Waals surface area (Å²) in [5, 5.41) is 2.19. The number of hydrogen-bond acceptors (Lipinski definition) is 8. The van der Waals surface area contributed by atoms with Gasteiger partial charge in [-0.25, -0.2) is 0 Å². The molecule has 0 spiro atoms. The summed E-state index contributed by atoms with van der Waals surface area (Å²) in [6.45, 7) is 11.5. The molecular formula is C30H44N2S8. The molecule has 0 saturated carbocycles. The SMILES string of the molecule is CC(C)(CCSCCSCCC(C)(C)CCn1c(S)c2c(cc1=S)SCC2)CCn1c(S)c2c(cc1=S)SCC2. The van der Waals surface area contributed by atoms with Gasteiger partial charge < -0.3 is 9.13 Å². The molecule has 0 radical (unpaired) electrons. The maximum Gasteiger partial charge on any atom is 0.107 e. The quantitative estimate of drug-likeness (QED) is 0.109. The second-order valence-electron chi connectivity index (χ2n) is 12.4. The first-order valence-corrected chi connectivity index (χ1v) is 20.3. The Kier molecular flexibility index (Phi) is 12.8. The Balaban J connectivity index is 1.09. The Bertz CT molecular complexity index is 1190. The van der Waals surface area contributed by atoms with Crippen molar-refractivity contribution in [3.63, 3.8) is 0 Å². The van der Waals surface area contributed by atoms with Gasteiger partial charge in [0.2, 0.25) is 0 Å². The third-order valence-corrected chi connectivity index (χ3v) is 14.2. The van der Waals surface area contributed by atoms with Crippen molar-refractivity contribution in [1.29, 1.82) is 0 Å². The summed E-state index contributed by atoms with van der Waals surface area (Å²) in [6, 6.07) is 4.37. The lowest BCUT2D eigenvalue weighted by Crippen LogP contribution is -2.18. The lowest BCUT2D eigenvalue weighted by molar-refractivity contribution is 0.298. The van der Waals surface area contributed by atoms with E-state index in [1.807, 2.05) is 23.5 Å². The zero-order valence-electron chi connectivity index (χ0n) is 24.3. The van der Waals surface area contributed by atoms with Crippen LogP contribution in [0.5, 0.6) is 0 Å². The molecule has 4 heterocycles. The molecule has 0 unspecified atom stereocenters. The van der Waals surface area contributed by atoms with E-state index < -0.39 is 0 Å². The Hall–Kier alpha value is 0.840. The van der Waals surface area contributed by atoms with Gasteiger partial charge in [0.25, 0.3) is 0 Å². The average molecular weight is 689 g/mol. The van der Waals surface area contributed by atoms with E-state index in [2.05, 4.69) is 72.5 Å². The molecule has 2 aliphatic rings. The number of thiol groups is 2. The van der Waals surface area contributed by atoms with Gasteiger partial charge in [0.15, 0.2) is 0 Å². The van der Waals surface area contributed by atoms with E-state index in [1.165, 1.54) is 56.8 Å². The highest BCUT2D eigenvalue weighted by atomic mass is 32.2. The van der Waals surface area contributed by atoms with Gasteiger partial charge in [0, 0.05) is 45.9 Å². The zero-order chi connectivity index (χ0) is 28.9. The molecule has 2 aliphatic heterocycles. The van der Waals surface area contributed by atoms with Crippen molar-refractivity contribution in [2.45, 2.75) is 99.2 Å². The van der Waals surface area contributed by atoms with Gasteiger partial charge in [-0.1, -0.05) is 52.1 Å². The van der Waals surface area contributed by atoms with Crippen LogP contribution in [0.15, 0.2) is 32.0 Å². The highest BCUT2D eigenvalue weighted by Gasteiger charge is 2.22. The van der Waals surface area contributed by atoms with Crippen molar-refractivity contribution >= 4 is 96.7 Å². The lowest BCUT2D eigenvalue weighted by Gasteiger charge is -2.26. The minimum atomic E-state index is 0.306. The fourth-order valence-electron chi connectivity index (χ4n) is 5.09. The molecule has 0 atom stereocenters. The van der Waals surface area contributed by atoms with E-state index in [9.17, 15) is 0 Å². The summed E-state index contributed by atoms with van der Waals surface area (Å²) in [5.74, 6) is 7.24. The van der Waals surface area contributed by atoms with Crippen molar-refractivity contribution in [2.24, 2.45) is 10.8 Å². The topological polar surface area (TPSA) is 9.86 Å². The summed E-state index contributed by atoms with van der Waals surface area (Å²) >= 11 is 29.2. The smallest absolute Gasteiger partial charge is 0.107 e. The summed E-state index contributed by atoms with van der Waals surface area (Å²) in [4.78, 5) is 2.68. The van der Waals surface area contributed by atoms with E-state index in [0.29, 0.717) is 10.8 Å². The third-order valence-electron chi connectivity index (χ3n) is 8.15. The Morgan fingerprint density at radius 3 is 1.50 bits per heavy atom. The van der Waals surface area contributed by atoms with Crippen molar-refractivity contribution in [1.82, 2.24) is 9.13 Å². The molecule has 4 rings (SSSR count). The van der Waals surface area contributed by atoms with Crippen LogP contribution < -0.4 is 0 Å². The lowest BCUT2D eigenvalue weighted by atomic mass is 9.86. The first kappa shape index (κ1) is 33.7. The third kappa shape index (κ3) is 9.18. The summed E-state index contributed by atoms with van der Waals surface area (Å²) in [5.41, 5.74) is 3.40. The second-order valence-corrected chi connectivity index (χ2v) is 18.8. The number of nitrogens with zero attached hydrogens (tertiary/aromatic N) is 2. The van der Waals surface area contributed by atoms with Crippen LogP contribution in [-0.4, -0.2) is 43.7 Å². The van der Waals surface area contributed by atoms with E-state index in [1.54, 1.807) is 0 Å². The molecular weight excluding hydrogens is 645 g/mol. The van der Waals surface area contributed by atoms with Crippen LogP contribution in [0.3, 0.4) is 0 Å². The summed E-state index contributed by atoms with van der Waals surface area (Å²) in [6.07, 6.45) is 6.98. The monoisotopic (exact) mass is 688 g/mol. The number of thioether (sulfide) groups is 4. The number of hydrogen-bond donors (Lipinski definition) is 2. The molecule has 0 aromatic carbocycles. The fraction of sp³-hybridized carbons (Fsp3) is 0.667. The minimum Gasteiger partial charge on any atom is -0.327 e. The van der Waals surface area contributed by atoms with E-state index in [0.717, 1.165) is 69.6 Å². The van der Waals surface area contributed by atoms with Crippen LogP contribution in [0.25, 0.3) is 0 Å². The molecule has 0 saturated heterocycles. The molecule has 40 heavy (non-hydrogen) atoms. The fourth-order valence-corrected chi connectivity index (χ4v) is 11.9. The average Bonchev–Trinajstić information content (AvgIpc) is 3.55. The Morgan fingerprint density at radius 2 is 1.10 bits per heavy atom. The largest absolute Gasteiger partial charge is 0.327 e. The molecule has 10 heteroatoms. The number of pyridine rings is 2. The molecule has 0 N–H and O–H groups in total. The standard InChI is InChI=1S/C30H44N2S8/c1-29(2,7-11-31-25(33)19-23-21(27(31)35)5-13-39-23)9-15-37-17-18-38-16-10-30(3,4)8-12-32-26(34)20-24-22(28(32)36)6-14-40-24/h19-20,35-36H,5-18H2,1-4H3. The number of rotatable bonds is 15. The van der Waals surface area contributed by atoms with Crippen LogP contribution in [0.2, 0.25) is 0 Å². The van der Waals surface area contributed by atoms with Gasteiger partial charge >= 0.3 is 0 Å². The van der Waals surface area contributed by atoms with E-state index in [-0.39, 0.29) is 0 Å². The predicted molar refractivity (Wildman–Crippen MR) is 195 cm³/mol. The van der Waals surface area contributed by atoms with Gasteiger partial charge in [0.05, 0.1) is 10.1 Å². The van der Waals surface area contributed by atoms with Crippen molar-refractivity contribution in [2.75, 3.05) is 34.5 Å².